The van der Waals surface area contributed by atoms with E-state index < -0.39 is 0 Å². The third kappa shape index (κ3) is 5.04. The number of hydrogen-bond donors (Lipinski definition) is 1. The van der Waals surface area contributed by atoms with E-state index in [9.17, 15) is 0 Å². The molecular weight excluding hydrogens is 390 g/mol. The molecule has 0 aliphatic rings. The number of imidazole rings is 1. The molecule has 0 saturated carbocycles. The van der Waals surface area contributed by atoms with Gasteiger partial charge in [-0.2, -0.15) is 0 Å². The Balaban J connectivity index is 1.63. The number of fused-ring (bicyclic) bond motifs is 1. The second-order valence-corrected chi connectivity index (χ2v) is 10.9. The van der Waals surface area contributed by atoms with Gasteiger partial charge in [-0.3, -0.25) is 0 Å². The lowest BCUT2D eigenvalue weighted by molar-refractivity contribution is 0.590. The van der Waals surface area contributed by atoms with Crippen molar-refractivity contribution in [2.75, 3.05) is 4.90 Å². The number of aromatic amines is 1. The van der Waals surface area contributed by atoms with Gasteiger partial charge in [0.2, 0.25) is 0 Å². The highest BCUT2D eigenvalue weighted by Gasteiger charge is 2.16. The van der Waals surface area contributed by atoms with Crippen molar-refractivity contribution in [1.82, 2.24) is 9.97 Å². The first-order chi connectivity index (χ1) is 15.1. The first kappa shape index (κ1) is 22.1. The van der Waals surface area contributed by atoms with Gasteiger partial charge in [0.1, 0.15) is 0 Å². The molecule has 0 atom stereocenters. The molecule has 166 valence electrons. The summed E-state index contributed by atoms with van der Waals surface area (Å²) in [5, 5.41) is 0. The number of nitrogens with one attached hydrogen (secondary N) is 1. The summed E-state index contributed by atoms with van der Waals surface area (Å²) in [6, 6.07) is 24.6. The van der Waals surface area contributed by atoms with Crippen LogP contribution in [0.2, 0.25) is 0 Å². The maximum absolute atomic E-state index is 4.38. The van der Waals surface area contributed by atoms with Gasteiger partial charge in [-0.05, 0) is 51.3 Å². The van der Waals surface area contributed by atoms with Crippen molar-refractivity contribution in [2.45, 2.75) is 65.5 Å². The fourth-order valence-corrected chi connectivity index (χ4v) is 4.02. The van der Waals surface area contributed by atoms with Crippen LogP contribution in [0.25, 0.3) is 11.0 Å². The number of nitrogens with zero attached hydrogens (tertiary/aromatic N) is 2. The van der Waals surface area contributed by atoms with Gasteiger partial charge in [-0.1, -0.05) is 90.1 Å². The smallest absolute Gasteiger partial charge is 0.0931 e. The largest absolute Gasteiger partial charge is 0.363 e. The summed E-state index contributed by atoms with van der Waals surface area (Å²) >= 11 is 0. The second-order valence-electron chi connectivity index (χ2n) is 10.9. The minimum atomic E-state index is 0.165. The van der Waals surface area contributed by atoms with Crippen molar-refractivity contribution in [3.63, 3.8) is 0 Å². The van der Waals surface area contributed by atoms with E-state index in [1.54, 1.807) is 6.33 Å². The molecule has 1 heterocycles. The Labute approximate surface area is 192 Å². The normalized spacial score (nSPS) is 12.3. The highest BCUT2D eigenvalue weighted by molar-refractivity contribution is 5.79. The summed E-state index contributed by atoms with van der Waals surface area (Å²) in [5.74, 6) is 0. The molecule has 0 radical (unpaired) electrons. The first-order valence-corrected chi connectivity index (χ1v) is 11.5. The molecule has 32 heavy (non-hydrogen) atoms. The maximum Gasteiger partial charge on any atom is 0.0931 e. The summed E-state index contributed by atoms with van der Waals surface area (Å²) in [7, 11) is 0. The van der Waals surface area contributed by atoms with Crippen LogP contribution in [0.1, 0.15) is 63.8 Å². The van der Waals surface area contributed by atoms with Crippen molar-refractivity contribution in [1.29, 1.82) is 0 Å². The summed E-state index contributed by atoms with van der Waals surface area (Å²) in [5.41, 5.74) is 8.95. The molecule has 4 rings (SSSR count). The van der Waals surface area contributed by atoms with Gasteiger partial charge in [0.25, 0.3) is 0 Å². The average molecular weight is 426 g/mol. The van der Waals surface area contributed by atoms with Gasteiger partial charge >= 0.3 is 0 Å². The third-order valence-corrected chi connectivity index (χ3v) is 6.16. The Morgan fingerprint density at radius 2 is 1.19 bits per heavy atom. The molecule has 0 unspecified atom stereocenters. The molecule has 4 aromatic rings. The predicted molar refractivity (Wildman–Crippen MR) is 136 cm³/mol. The predicted octanol–water partition coefficient (Wildman–Crippen LogP) is 7.36. The van der Waals surface area contributed by atoms with Crippen molar-refractivity contribution in [3.05, 3.63) is 95.3 Å². The van der Waals surface area contributed by atoms with E-state index in [4.69, 9.17) is 0 Å². The lowest BCUT2D eigenvalue weighted by Gasteiger charge is -2.27. The molecule has 0 amide bonds. The summed E-state index contributed by atoms with van der Waals surface area (Å²) in [6.45, 7) is 15.3. The van der Waals surface area contributed by atoms with Crippen LogP contribution < -0.4 is 4.90 Å². The van der Waals surface area contributed by atoms with Crippen LogP contribution in [0.5, 0.6) is 0 Å². The third-order valence-electron chi connectivity index (χ3n) is 6.16. The number of hydrogen-bond acceptors (Lipinski definition) is 2. The lowest BCUT2D eigenvalue weighted by atomic mass is 9.86. The molecule has 0 spiro atoms. The van der Waals surface area contributed by atoms with Crippen LogP contribution in [0.3, 0.4) is 0 Å². The SMILES string of the molecule is CC(C)(C)c1ccc(CN(Cc2ccc(C(C)(C)C)cc2)c2ccc3nc[nH]c3c2)cc1. The Bertz CT molecular complexity index is 1110. The number of aromatic nitrogens is 2. The standard InChI is InChI=1S/C29H35N3/c1-28(2,3)23-11-7-21(8-12-23)18-32(25-15-16-26-27(17-25)31-20-30-26)19-22-9-13-24(14-10-22)29(4,5)6/h7-17,20H,18-19H2,1-6H3,(H,30,31). The fourth-order valence-electron chi connectivity index (χ4n) is 4.02. The Morgan fingerprint density at radius 3 is 1.66 bits per heavy atom. The average Bonchev–Trinajstić information content (AvgIpc) is 3.21. The maximum atomic E-state index is 4.38. The minimum absolute atomic E-state index is 0.165. The van der Waals surface area contributed by atoms with Crippen molar-refractivity contribution in [2.24, 2.45) is 0 Å². The minimum Gasteiger partial charge on any atom is -0.363 e. The van der Waals surface area contributed by atoms with Crippen molar-refractivity contribution < 1.29 is 0 Å². The molecule has 0 aliphatic carbocycles. The van der Waals surface area contributed by atoms with Crippen LogP contribution in [-0.4, -0.2) is 9.97 Å². The van der Waals surface area contributed by atoms with E-state index in [1.807, 2.05) is 0 Å². The Kier molecular flexibility index (Phi) is 5.85. The molecular formula is C29H35N3. The molecule has 0 fully saturated rings. The van der Waals surface area contributed by atoms with Gasteiger partial charge in [0.05, 0.1) is 17.4 Å². The van der Waals surface area contributed by atoms with E-state index in [0.717, 1.165) is 24.1 Å². The zero-order valence-electron chi connectivity index (χ0n) is 20.2. The van der Waals surface area contributed by atoms with Crippen LogP contribution in [0.15, 0.2) is 73.1 Å². The van der Waals surface area contributed by atoms with E-state index in [0.29, 0.717) is 0 Å². The molecule has 3 nitrogen and oxygen atoms in total. The van der Waals surface area contributed by atoms with E-state index in [-0.39, 0.29) is 10.8 Å². The van der Waals surface area contributed by atoms with Gasteiger partial charge in [0, 0.05) is 18.8 Å². The molecule has 0 saturated heterocycles. The molecule has 3 heteroatoms. The summed E-state index contributed by atoms with van der Waals surface area (Å²) in [6.07, 6.45) is 1.76. The lowest BCUT2D eigenvalue weighted by Crippen LogP contribution is -2.22. The van der Waals surface area contributed by atoms with Gasteiger partial charge in [-0.25, -0.2) is 4.98 Å². The van der Waals surface area contributed by atoms with Crippen LogP contribution in [0, 0.1) is 0 Å². The van der Waals surface area contributed by atoms with Crippen molar-refractivity contribution >= 4 is 16.7 Å². The first-order valence-electron chi connectivity index (χ1n) is 11.5. The van der Waals surface area contributed by atoms with Gasteiger partial charge in [0.15, 0.2) is 0 Å². The Morgan fingerprint density at radius 1 is 0.688 bits per heavy atom. The summed E-state index contributed by atoms with van der Waals surface area (Å²) in [4.78, 5) is 10.1. The molecule has 0 bridgehead atoms. The number of benzene rings is 3. The van der Waals surface area contributed by atoms with Gasteiger partial charge in [-0.15, -0.1) is 0 Å². The zero-order chi connectivity index (χ0) is 22.9. The second kappa shape index (κ2) is 8.46. The number of rotatable bonds is 5. The van der Waals surface area contributed by atoms with Gasteiger partial charge < -0.3 is 9.88 Å². The fraction of sp³-hybridized carbons (Fsp3) is 0.345. The quantitative estimate of drug-likeness (QED) is 0.362. The van der Waals surface area contributed by atoms with Crippen LogP contribution >= 0.6 is 0 Å². The Hall–Kier alpha value is -3.07. The van der Waals surface area contributed by atoms with Crippen LogP contribution in [0.4, 0.5) is 5.69 Å². The summed E-state index contributed by atoms with van der Waals surface area (Å²) < 4.78 is 0. The topological polar surface area (TPSA) is 31.9 Å². The molecule has 3 aromatic carbocycles. The molecule has 1 N–H and O–H groups in total. The van der Waals surface area contributed by atoms with E-state index in [1.165, 1.54) is 27.9 Å². The molecule has 0 aliphatic heterocycles. The highest BCUT2D eigenvalue weighted by Crippen LogP contribution is 2.27. The van der Waals surface area contributed by atoms with E-state index in [2.05, 4.69) is 123 Å². The van der Waals surface area contributed by atoms with E-state index >= 15 is 0 Å². The monoisotopic (exact) mass is 425 g/mol. The zero-order valence-corrected chi connectivity index (χ0v) is 20.2. The highest BCUT2D eigenvalue weighted by atomic mass is 15.1. The number of anilines is 1. The van der Waals surface area contributed by atoms with Crippen molar-refractivity contribution in [3.8, 4) is 0 Å². The molecule has 1 aromatic heterocycles. The van der Waals surface area contributed by atoms with Crippen LogP contribution in [-0.2, 0) is 23.9 Å². The number of H-pyrrole nitrogens is 1.